The molecule has 3 amide bonds. The Morgan fingerprint density at radius 2 is 1.32 bits per heavy atom. The van der Waals surface area contributed by atoms with Crippen LogP contribution in [-0.2, 0) is 14.4 Å². The Hall–Kier alpha value is -4.46. The zero-order valence-electron chi connectivity index (χ0n) is 21.0. The summed E-state index contributed by atoms with van der Waals surface area (Å²) in [6.07, 6.45) is -0.110. The van der Waals surface area contributed by atoms with Crippen molar-refractivity contribution >= 4 is 23.9 Å². The number of hydrogen-bond acceptors (Lipinski definition) is 6. The van der Waals surface area contributed by atoms with Gasteiger partial charge in [-0.2, -0.15) is 0 Å². The van der Waals surface area contributed by atoms with E-state index < -0.39 is 35.3 Å². The van der Waals surface area contributed by atoms with Gasteiger partial charge in [-0.15, -0.1) is 0 Å². The van der Waals surface area contributed by atoms with Crippen molar-refractivity contribution in [2.75, 3.05) is 13.2 Å². The normalized spacial score (nSPS) is 19.3. The first kappa shape index (κ1) is 23.9. The second-order valence-corrected chi connectivity index (χ2v) is 10.5. The maximum atomic E-state index is 13.3. The molecule has 0 N–H and O–H groups in total. The Labute approximate surface area is 219 Å². The lowest BCUT2D eigenvalue weighted by atomic mass is 9.85. The number of hydrogen-bond donors (Lipinski definition) is 0. The van der Waals surface area contributed by atoms with E-state index in [4.69, 9.17) is 9.57 Å². The highest BCUT2D eigenvalue weighted by Gasteiger charge is 2.51. The van der Waals surface area contributed by atoms with E-state index in [0.717, 1.165) is 22.3 Å². The third kappa shape index (κ3) is 3.67. The van der Waals surface area contributed by atoms with Gasteiger partial charge in [0.25, 0.3) is 11.8 Å². The van der Waals surface area contributed by atoms with Crippen molar-refractivity contribution in [1.29, 1.82) is 0 Å². The lowest BCUT2D eigenvalue weighted by Gasteiger charge is -2.31. The lowest BCUT2D eigenvalue weighted by molar-refractivity contribution is -0.176. The topological polar surface area (TPSA) is 93.2 Å². The van der Waals surface area contributed by atoms with E-state index in [9.17, 15) is 19.2 Å². The monoisotopic (exact) mass is 510 g/mol. The largest absolute Gasteiger partial charge is 0.448 e. The van der Waals surface area contributed by atoms with Crippen molar-refractivity contribution in [3.8, 4) is 11.1 Å². The van der Waals surface area contributed by atoms with Crippen LogP contribution in [0.3, 0.4) is 0 Å². The summed E-state index contributed by atoms with van der Waals surface area (Å²) in [5.41, 5.74) is 4.10. The zero-order valence-corrected chi connectivity index (χ0v) is 21.0. The van der Waals surface area contributed by atoms with Crippen LogP contribution >= 0.6 is 0 Å². The van der Waals surface area contributed by atoms with Crippen molar-refractivity contribution in [3.05, 3.63) is 95.1 Å². The molecule has 0 radical (unpaired) electrons. The molecule has 1 saturated heterocycles. The first-order valence-electron chi connectivity index (χ1n) is 12.6. The predicted octanol–water partition coefficient (Wildman–Crippen LogP) is 4.79. The Morgan fingerprint density at radius 1 is 0.816 bits per heavy atom. The number of carbonyl (C=O) groups excluding carboxylic acids is 4. The molecule has 1 aliphatic carbocycles. The van der Waals surface area contributed by atoms with Crippen LogP contribution in [0.1, 0.15) is 58.0 Å². The summed E-state index contributed by atoms with van der Waals surface area (Å²) in [6.45, 7) is 4.09. The fourth-order valence-electron chi connectivity index (χ4n) is 5.81. The first-order valence-corrected chi connectivity index (χ1v) is 12.6. The maximum absolute atomic E-state index is 13.3. The van der Waals surface area contributed by atoms with E-state index in [1.165, 1.54) is 17.0 Å². The van der Waals surface area contributed by atoms with Crippen molar-refractivity contribution in [3.63, 3.8) is 0 Å². The van der Waals surface area contributed by atoms with Crippen LogP contribution in [0, 0.1) is 5.41 Å². The fraction of sp³-hybridized carbons (Fsp3) is 0.267. The van der Waals surface area contributed by atoms with Gasteiger partial charge < -0.3 is 9.57 Å². The number of likely N-dealkylation sites (tertiary alicyclic amines) is 1. The number of hydroxylamine groups is 2. The van der Waals surface area contributed by atoms with Crippen molar-refractivity contribution in [2.45, 2.75) is 32.2 Å². The Kier molecular flexibility index (Phi) is 5.56. The number of nitrogens with zero attached hydrogens (tertiary/aromatic N) is 2. The quantitative estimate of drug-likeness (QED) is 0.469. The van der Waals surface area contributed by atoms with Gasteiger partial charge in [-0.1, -0.05) is 79.6 Å². The van der Waals surface area contributed by atoms with Crippen LogP contribution in [0.5, 0.6) is 0 Å². The summed E-state index contributed by atoms with van der Waals surface area (Å²) in [6, 6.07) is 21.4. The molecule has 0 aromatic heterocycles. The Morgan fingerprint density at radius 3 is 1.87 bits per heavy atom. The highest BCUT2D eigenvalue weighted by atomic mass is 16.7. The summed E-state index contributed by atoms with van der Waals surface area (Å²) in [7, 11) is 0. The van der Waals surface area contributed by atoms with Gasteiger partial charge in [0.15, 0.2) is 0 Å². The summed E-state index contributed by atoms with van der Waals surface area (Å²) in [5.74, 6) is -2.38. The number of ether oxygens (including phenoxy) is 1. The smallest absolute Gasteiger partial charge is 0.410 e. The molecule has 2 aliphatic heterocycles. The van der Waals surface area contributed by atoms with E-state index >= 15 is 0 Å². The maximum Gasteiger partial charge on any atom is 0.410 e. The van der Waals surface area contributed by atoms with Gasteiger partial charge in [0.05, 0.1) is 11.1 Å². The molecule has 0 bridgehead atoms. The third-order valence-electron chi connectivity index (χ3n) is 7.78. The number of fused-ring (bicyclic) bond motifs is 4. The van der Waals surface area contributed by atoms with Crippen LogP contribution in [-0.4, -0.2) is 53.0 Å². The van der Waals surface area contributed by atoms with E-state index in [1.54, 1.807) is 12.1 Å². The minimum Gasteiger partial charge on any atom is -0.448 e. The summed E-state index contributed by atoms with van der Waals surface area (Å²) < 4.78 is 5.79. The van der Waals surface area contributed by atoms with Gasteiger partial charge >= 0.3 is 12.1 Å². The molecule has 38 heavy (non-hydrogen) atoms. The highest BCUT2D eigenvalue weighted by molar-refractivity contribution is 6.21. The molecule has 6 rings (SSSR count). The number of benzene rings is 3. The molecular weight excluding hydrogens is 484 g/mol. The molecule has 1 atom stereocenters. The number of amides is 3. The second-order valence-electron chi connectivity index (χ2n) is 10.5. The molecule has 3 aromatic rings. The van der Waals surface area contributed by atoms with E-state index in [-0.39, 0.29) is 30.2 Å². The summed E-state index contributed by atoms with van der Waals surface area (Å²) >= 11 is 0. The molecule has 1 unspecified atom stereocenters. The van der Waals surface area contributed by atoms with Gasteiger partial charge in [0.1, 0.15) is 12.6 Å². The van der Waals surface area contributed by atoms with Crippen LogP contribution in [0.2, 0.25) is 0 Å². The molecule has 3 aromatic carbocycles. The van der Waals surface area contributed by atoms with E-state index in [2.05, 4.69) is 12.1 Å². The minimum atomic E-state index is -1.03. The molecule has 0 spiro atoms. The average Bonchev–Trinajstić information content (AvgIpc) is 3.50. The van der Waals surface area contributed by atoms with E-state index in [1.807, 2.05) is 50.2 Å². The molecule has 3 aliphatic rings. The van der Waals surface area contributed by atoms with Gasteiger partial charge in [0, 0.05) is 12.5 Å². The third-order valence-corrected chi connectivity index (χ3v) is 7.78. The number of carbonyl (C=O) groups is 4. The fourth-order valence-corrected chi connectivity index (χ4v) is 5.81. The zero-order chi connectivity index (χ0) is 26.6. The molecule has 1 fully saturated rings. The standard InChI is InChI=1S/C30H26N2O6/c1-30(2)15-16-31(25(30)28(35)38-32-26(33)22-13-7-8-14-23(22)27(32)34)29(36)37-17-24-20-11-5-3-9-18(20)19-10-4-6-12-21(19)24/h3-14,24-25H,15-17H2,1-2H3. The Balaban J connectivity index is 1.19. The predicted molar refractivity (Wildman–Crippen MR) is 137 cm³/mol. The van der Waals surface area contributed by atoms with Gasteiger partial charge in [0.2, 0.25) is 0 Å². The van der Waals surface area contributed by atoms with Crippen molar-refractivity contribution in [2.24, 2.45) is 5.41 Å². The Bertz CT molecular complexity index is 1410. The summed E-state index contributed by atoms with van der Waals surface area (Å²) in [4.78, 5) is 58.8. The second kappa shape index (κ2) is 8.83. The average molecular weight is 511 g/mol. The van der Waals surface area contributed by atoms with Crippen molar-refractivity contribution < 1.29 is 28.8 Å². The molecule has 2 heterocycles. The van der Waals surface area contributed by atoms with Gasteiger partial charge in [-0.3, -0.25) is 14.5 Å². The SMILES string of the molecule is CC1(C)CCN(C(=O)OCC2c3ccccc3-c3ccccc32)C1C(=O)ON1C(=O)c2ccccc2C1=O. The van der Waals surface area contributed by atoms with Crippen molar-refractivity contribution in [1.82, 2.24) is 9.96 Å². The lowest BCUT2D eigenvalue weighted by Crippen LogP contribution is -2.49. The first-order chi connectivity index (χ1) is 18.3. The summed E-state index contributed by atoms with van der Waals surface area (Å²) in [5, 5.41) is 0.483. The number of rotatable bonds is 4. The van der Waals surface area contributed by atoms with Gasteiger partial charge in [-0.25, -0.2) is 9.59 Å². The molecule has 8 heteroatoms. The number of imide groups is 1. The van der Waals surface area contributed by atoms with Crippen LogP contribution in [0.25, 0.3) is 11.1 Å². The van der Waals surface area contributed by atoms with Crippen LogP contribution < -0.4 is 0 Å². The highest BCUT2D eigenvalue weighted by Crippen LogP contribution is 2.45. The minimum absolute atomic E-state index is 0.115. The molecule has 0 saturated carbocycles. The van der Waals surface area contributed by atoms with E-state index in [0.29, 0.717) is 11.5 Å². The van der Waals surface area contributed by atoms with Crippen LogP contribution in [0.15, 0.2) is 72.8 Å². The molecule has 8 nitrogen and oxygen atoms in total. The molecular formula is C30H26N2O6. The van der Waals surface area contributed by atoms with Gasteiger partial charge in [-0.05, 0) is 46.2 Å². The van der Waals surface area contributed by atoms with Crippen LogP contribution in [0.4, 0.5) is 4.79 Å². The molecule has 192 valence electrons.